The van der Waals surface area contributed by atoms with E-state index in [-0.39, 0.29) is 16.7 Å². The number of aryl methyl sites for hydroxylation is 2. The highest BCUT2D eigenvalue weighted by atomic mass is 16.6. The Morgan fingerprint density at radius 3 is 2.58 bits per heavy atom. The number of nitro groups is 1. The number of rotatable bonds is 7. The van der Waals surface area contributed by atoms with Crippen LogP contribution in [0.2, 0.25) is 0 Å². The molecule has 0 aliphatic heterocycles. The Bertz CT molecular complexity index is 440. The summed E-state index contributed by atoms with van der Waals surface area (Å²) in [6.45, 7) is 8.92. The van der Waals surface area contributed by atoms with Gasteiger partial charge in [-0.15, -0.1) is 0 Å². The fourth-order valence-electron chi connectivity index (χ4n) is 2.49. The Labute approximate surface area is 114 Å². The van der Waals surface area contributed by atoms with Gasteiger partial charge in [0.05, 0.1) is 4.92 Å². The quantitative estimate of drug-likeness (QED) is 0.608. The Morgan fingerprint density at radius 2 is 2.11 bits per heavy atom. The van der Waals surface area contributed by atoms with Gasteiger partial charge in [-0.3, -0.25) is 14.8 Å². The fraction of sp³-hybridized carbons (Fsp3) is 0.769. The fourth-order valence-corrected chi connectivity index (χ4v) is 2.49. The van der Waals surface area contributed by atoms with Crippen molar-refractivity contribution < 1.29 is 4.92 Å². The van der Waals surface area contributed by atoms with Crippen LogP contribution in [0.4, 0.5) is 5.69 Å². The van der Waals surface area contributed by atoms with E-state index in [2.05, 4.69) is 31.2 Å². The van der Waals surface area contributed by atoms with E-state index in [1.165, 1.54) is 0 Å². The molecule has 0 aromatic carbocycles. The minimum Gasteiger partial charge on any atom is -0.314 e. The largest absolute Gasteiger partial charge is 0.314 e. The van der Waals surface area contributed by atoms with Crippen LogP contribution >= 0.6 is 0 Å². The van der Waals surface area contributed by atoms with E-state index in [4.69, 9.17) is 0 Å². The topological polar surface area (TPSA) is 73.0 Å². The van der Waals surface area contributed by atoms with Crippen molar-refractivity contribution in [3.05, 3.63) is 21.5 Å². The summed E-state index contributed by atoms with van der Waals surface area (Å²) in [5.74, 6) is 0.553. The molecule has 6 heteroatoms. The SMILES string of the molecule is CCNC(Cc1c([N+](=O)[O-])c(C)nn1C)CC(C)C. The molecule has 1 atom stereocenters. The van der Waals surface area contributed by atoms with Crippen molar-refractivity contribution in [3.63, 3.8) is 0 Å². The van der Waals surface area contributed by atoms with Gasteiger partial charge in [0, 0.05) is 19.5 Å². The summed E-state index contributed by atoms with van der Waals surface area (Å²) in [4.78, 5) is 10.8. The van der Waals surface area contributed by atoms with Gasteiger partial charge in [-0.1, -0.05) is 20.8 Å². The summed E-state index contributed by atoms with van der Waals surface area (Å²) >= 11 is 0. The van der Waals surface area contributed by atoms with E-state index in [1.54, 1.807) is 18.7 Å². The lowest BCUT2D eigenvalue weighted by Crippen LogP contribution is -2.33. The summed E-state index contributed by atoms with van der Waals surface area (Å²) in [6.07, 6.45) is 1.63. The average molecular weight is 268 g/mol. The van der Waals surface area contributed by atoms with E-state index < -0.39 is 0 Å². The number of likely N-dealkylation sites (N-methyl/N-ethyl adjacent to an activating group) is 1. The van der Waals surface area contributed by atoms with Crippen LogP contribution in [0.1, 0.15) is 38.6 Å². The van der Waals surface area contributed by atoms with Gasteiger partial charge < -0.3 is 5.32 Å². The van der Waals surface area contributed by atoms with Gasteiger partial charge in [0.25, 0.3) is 0 Å². The highest BCUT2D eigenvalue weighted by Crippen LogP contribution is 2.24. The minimum absolute atomic E-state index is 0.161. The van der Waals surface area contributed by atoms with Crippen LogP contribution < -0.4 is 5.32 Å². The van der Waals surface area contributed by atoms with Gasteiger partial charge >= 0.3 is 5.69 Å². The molecule has 0 fully saturated rings. The first-order chi connectivity index (χ1) is 8.86. The Hall–Kier alpha value is -1.43. The summed E-state index contributed by atoms with van der Waals surface area (Å²) in [5.41, 5.74) is 1.35. The molecule has 0 saturated carbocycles. The highest BCUT2D eigenvalue weighted by molar-refractivity contribution is 5.40. The van der Waals surface area contributed by atoms with Crippen molar-refractivity contribution in [1.29, 1.82) is 0 Å². The molecule has 1 aromatic rings. The number of hydrogen-bond donors (Lipinski definition) is 1. The molecule has 1 N–H and O–H groups in total. The molecule has 0 saturated heterocycles. The van der Waals surface area contributed by atoms with E-state index in [0.717, 1.165) is 13.0 Å². The first kappa shape index (κ1) is 15.6. The zero-order chi connectivity index (χ0) is 14.6. The van der Waals surface area contributed by atoms with Crippen LogP contribution in [0.25, 0.3) is 0 Å². The van der Waals surface area contributed by atoms with Gasteiger partial charge in [-0.2, -0.15) is 5.10 Å². The average Bonchev–Trinajstić information content (AvgIpc) is 2.53. The minimum atomic E-state index is -0.323. The second kappa shape index (κ2) is 6.65. The van der Waals surface area contributed by atoms with Crippen LogP contribution in [0, 0.1) is 23.0 Å². The lowest BCUT2D eigenvalue weighted by molar-refractivity contribution is -0.386. The number of nitrogens with one attached hydrogen (secondary N) is 1. The van der Waals surface area contributed by atoms with E-state index in [1.807, 2.05) is 0 Å². The summed E-state index contributed by atoms with van der Waals surface area (Å²) < 4.78 is 1.64. The zero-order valence-electron chi connectivity index (χ0n) is 12.4. The van der Waals surface area contributed by atoms with E-state index in [0.29, 0.717) is 23.7 Å². The molecule has 0 aliphatic rings. The van der Waals surface area contributed by atoms with Crippen molar-refractivity contribution in [3.8, 4) is 0 Å². The van der Waals surface area contributed by atoms with Crippen LogP contribution in [-0.2, 0) is 13.5 Å². The molecule has 108 valence electrons. The molecule has 1 unspecified atom stereocenters. The van der Waals surface area contributed by atoms with E-state index >= 15 is 0 Å². The number of nitrogens with zero attached hydrogens (tertiary/aromatic N) is 3. The van der Waals surface area contributed by atoms with Crippen molar-refractivity contribution in [2.45, 2.75) is 46.6 Å². The maximum absolute atomic E-state index is 11.1. The van der Waals surface area contributed by atoms with Crippen molar-refractivity contribution in [2.75, 3.05) is 6.54 Å². The predicted molar refractivity (Wildman–Crippen MR) is 75.2 cm³/mol. The highest BCUT2D eigenvalue weighted by Gasteiger charge is 2.26. The Balaban J connectivity index is 2.98. The molecule has 0 aliphatic carbocycles. The van der Waals surface area contributed by atoms with Gasteiger partial charge in [-0.25, -0.2) is 0 Å². The second-order valence-electron chi connectivity index (χ2n) is 5.35. The summed E-state index contributed by atoms with van der Waals surface area (Å²) in [5, 5.41) is 18.7. The molecular weight excluding hydrogens is 244 g/mol. The molecule has 6 nitrogen and oxygen atoms in total. The molecule has 0 radical (unpaired) electrons. The van der Waals surface area contributed by atoms with E-state index in [9.17, 15) is 10.1 Å². The maximum Gasteiger partial charge on any atom is 0.313 e. The molecule has 0 spiro atoms. The standard InChI is InChI=1S/C13H24N4O2/c1-6-14-11(7-9(2)3)8-12-13(17(18)19)10(4)15-16(12)5/h9,11,14H,6-8H2,1-5H3. The smallest absolute Gasteiger partial charge is 0.313 e. The van der Waals surface area contributed by atoms with Gasteiger partial charge in [-0.05, 0) is 25.8 Å². The Kier molecular flexibility index (Phi) is 5.47. The monoisotopic (exact) mass is 268 g/mol. The first-order valence-corrected chi connectivity index (χ1v) is 6.77. The van der Waals surface area contributed by atoms with Crippen LogP contribution in [0.5, 0.6) is 0 Å². The van der Waals surface area contributed by atoms with Crippen molar-refractivity contribution >= 4 is 5.69 Å². The summed E-state index contributed by atoms with van der Waals surface area (Å²) in [7, 11) is 1.77. The van der Waals surface area contributed by atoms with Crippen LogP contribution in [-0.4, -0.2) is 27.3 Å². The zero-order valence-corrected chi connectivity index (χ0v) is 12.4. The lowest BCUT2D eigenvalue weighted by Gasteiger charge is -2.19. The summed E-state index contributed by atoms with van der Waals surface area (Å²) in [6, 6.07) is 0.249. The molecule has 19 heavy (non-hydrogen) atoms. The van der Waals surface area contributed by atoms with Gasteiger partial charge in [0.15, 0.2) is 0 Å². The van der Waals surface area contributed by atoms with Crippen molar-refractivity contribution in [2.24, 2.45) is 13.0 Å². The van der Waals surface area contributed by atoms with Gasteiger partial charge in [0.1, 0.15) is 11.4 Å². The third-order valence-electron chi connectivity index (χ3n) is 3.18. The first-order valence-electron chi connectivity index (χ1n) is 6.77. The van der Waals surface area contributed by atoms with Crippen LogP contribution in [0.15, 0.2) is 0 Å². The third kappa shape index (κ3) is 4.02. The molecule has 0 amide bonds. The lowest BCUT2D eigenvalue weighted by atomic mass is 9.99. The maximum atomic E-state index is 11.1. The van der Waals surface area contributed by atoms with Gasteiger partial charge in [0.2, 0.25) is 0 Å². The predicted octanol–water partition coefficient (Wildman–Crippen LogP) is 2.20. The molecule has 1 heterocycles. The third-order valence-corrected chi connectivity index (χ3v) is 3.18. The molecule has 1 rings (SSSR count). The number of aromatic nitrogens is 2. The van der Waals surface area contributed by atoms with Crippen LogP contribution in [0.3, 0.4) is 0 Å². The Morgan fingerprint density at radius 1 is 1.47 bits per heavy atom. The molecular formula is C13H24N4O2. The normalized spacial score (nSPS) is 12.9. The molecule has 0 bridgehead atoms. The second-order valence-corrected chi connectivity index (χ2v) is 5.35. The number of hydrogen-bond acceptors (Lipinski definition) is 4. The molecule has 1 aromatic heterocycles. The van der Waals surface area contributed by atoms with Crippen molar-refractivity contribution in [1.82, 2.24) is 15.1 Å².